The van der Waals surface area contributed by atoms with Gasteiger partial charge in [0.15, 0.2) is 0 Å². The van der Waals surface area contributed by atoms with Crippen LogP contribution >= 0.6 is 0 Å². The van der Waals surface area contributed by atoms with Crippen LogP contribution in [0.3, 0.4) is 0 Å². The number of nitrogens with zero attached hydrogens (tertiary/aromatic N) is 2. The van der Waals surface area contributed by atoms with Crippen LogP contribution in [0.2, 0.25) is 0 Å². The second-order valence-electron chi connectivity index (χ2n) is 6.53. The first kappa shape index (κ1) is 19.4. The molecule has 0 fully saturated rings. The summed E-state index contributed by atoms with van der Waals surface area (Å²) in [5.74, 6) is -1.28. The highest BCUT2D eigenvalue weighted by molar-refractivity contribution is 6.04. The molecule has 2 N–H and O–H groups in total. The summed E-state index contributed by atoms with van der Waals surface area (Å²) in [7, 11) is 0. The molecule has 2 aromatic carbocycles. The summed E-state index contributed by atoms with van der Waals surface area (Å²) >= 11 is 0. The molecule has 1 aliphatic rings. The van der Waals surface area contributed by atoms with Crippen LogP contribution < -0.4 is 10.7 Å². The Morgan fingerprint density at radius 2 is 1.67 bits per heavy atom. The van der Waals surface area contributed by atoms with Gasteiger partial charge in [0, 0.05) is 29.2 Å². The van der Waals surface area contributed by atoms with Crippen LogP contribution in [-0.4, -0.2) is 21.8 Å². The van der Waals surface area contributed by atoms with Crippen LogP contribution in [-0.2, 0) is 6.18 Å². The highest BCUT2D eigenvalue weighted by Gasteiger charge is 2.40. The molecule has 0 saturated heterocycles. The minimum atomic E-state index is -4.64. The van der Waals surface area contributed by atoms with Gasteiger partial charge in [0.25, 0.3) is 11.8 Å². The summed E-state index contributed by atoms with van der Waals surface area (Å²) in [4.78, 5) is 29.6. The van der Waals surface area contributed by atoms with Gasteiger partial charge in [0.2, 0.25) is 0 Å². The third-order valence-corrected chi connectivity index (χ3v) is 4.65. The van der Waals surface area contributed by atoms with Gasteiger partial charge in [-0.25, -0.2) is 5.01 Å². The van der Waals surface area contributed by atoms with Gasteiger partial charge >= 0.3 is 6.18 Å². The quantitative estimate of drug-likeness (QED) is 0.682. The van der Waals surface area contributed by atoms with Gasteiger partial charge in [-0.3, -0.25) is 20.0 Å². The standard InChI is InChI=1S/C21H15F3N4O2/c22-21(23,24)16-7-3-1-5-14(16)18-26-17-8-4-2-6-15(17)20(30)28(18)27-19(29)13-9-11-25-12-10-13/h1-12,18,26H,(H,27,29)/t18-/m1/s1. The van der Waals surface area contributed by atoms with Crippen molar-refractivity contribution in [2.24, 2.45) is 0 Å². The molecule has 3 aromatic rings. The fraction of sp³-hybridized carbons (Fsp3) is 0.0952. The van der Waals surface area contributed by atoms with Crippen molar-refractivity contribution in [1.82, 2.24) is 15.4 Å². The Balaban J connectivity index is 1.79. The van der Waals surface area contributed by atoms with Gasteiger partial charge < -0.3 is 5.32 Å². The minimum Gasteiger partial charge on any atom is -0.359 e. The van der Waals surface area contributed by atoms with E-state index in [1.807, 2.05) is 0 Å². The fourth-order valence-corrected chi connectivity index (χ4v) is 3.26. The fourth-order valence-electron chi connectivity index (χ4n) is 3.26. The van der Waals surface area contributed by atoms with E-state index in [1.165, 1.54) is 48.8 Å². The van der Waals surface area contributed by atoms with E-state index in [9.17, 15) is 22.8 Å². The van der Waals surface area contributed by atoms with Gasteiger partial charge in [-0.05, 0) is 30.3 Å². The van der Waals surface area contributed by atoms with E-state index in [1.54, 1.807) is 18.2 Å². The SMILES string of the molecule is O=C(NN1C(=O)c2ccccc2N[C@H]1c1ccccc1C(F)(F)F)c1ccncc1. The maximum absolute atomic E-state index is 13.6. The van der Waals surface area contributed by atoms with Gasteiger partial charge in [0.05, 0.1) is 11.1 Å². The summed E-state index contributed by atoms with van der Waals surface area (Å²) in [5.41, 5.74) is 2.16. The summed E-state index contributed by atoms with van der Waals surface area (Å²) in [6.07, 6.45) is -3.11. The lowest BCUT2D eigenvalue weighted by Gasteiger charge is -2.38. The second kappa shape index (κ2) is 7.51. The number of para-hydroxylation sites is 1. The molecule has 2 heterocycles. The maximum Gasteiger partial charge on any atom is 0.416 e. The number of alkyl halides is 3. The molecule has 30 heavy (non-hydrogen) atoms. The van der Waals surface area contributed by atoms with E-state index in [2.05, 4.69) is 15.7 Å². The van der Waals surface area contributed by atoms with Crippen LogP contribution in [0.4, 0.5) is 18.9 Å². The molecule has 152 valence electrons. The Morgan fingerprint density at radius 1 is 1.00 bits per heavy atom. The van der Waals surface area contributed by atoms with Gasteiger partial charge in [0.1, 0.15) is 6.17 Å². The predicted octanol–water partition coefficient (Wildman–Crippen LogP) is 4.01. The van der Waals surface area contributed by atoms with Crippen molar-refractivity contribution in [3.8, 4) is 0 Å². The maximum atomic E-state index is 13.6. The van der Waals surface area contributed by atoms with Crippen molar-refractivity contribution >= 4 is 17.5 Å². The van der Waals surface area contributed by atoms with E-state index >= 15 is 0 Å². The van der Waals surface area contributed by atoms with Crippen LogP contribution in [0.1, 0.15) is 38.0 Å². The van der Waals surface area contributed by atoms with Crippen LogP contribution in [0.5, 0.6) is 0 Å². The van der Waals surface area contributed by atoms with Crippen molar-refractivity contribution in [1.29, 1.82) is 0 Å². The highest BCUT2D eigenvalue weighted by atomic mass is 19.4. The summed E-state index contributed by atoms with van der Waals surface area (Å²) < 4.78 is 40.9. The molecule has 0 radical (unpaired) electrons. The van der Waals surface area contributed by atoms with Crippen LogP contribution in [0, 0.1) is 0 Å². The van der Waals surface area contributed by atoms with Crippen molar-refractivity contribution < 1.29 is 22.8 Å². The number of rotatable bonds is 3. The molecule has 1 aliphatic heterocycles. The molecule has 1 atom stereocenters. The molecular formula is C21H15F3N4O2. The topological polar surface area (TPSA) is 74.3 Å². The molecule has 1 aromatic heterocycles. The summed E-state index contributed by atoms with van der Waals surface area (Å²) in [5, 5.41) is 3.83. The second-order valence-corrected chi connectivity index (χ2v) is 6.53. The van der Waals surface area contributed by atoms with E-state index in [0.717, 1.165) is 11.1 Å². The molecule has 0 unspecified atom stereocenters. The lowest BCUT2D eigenvalue weighted by molar-refractivity contribution is -0.138. The van der Waals surface area contributed by atoms with E-state index in [0.29, 0.717) is 5.69 Å². The van der Waals surface area contributed by atoms with E-state index in [-0.39, 0.29) is 16.7 Å². The molecule has 9 heteroatoms. The van der Waals surface area contributed by atoms with Crippen molar-refractivity contribution in [2.75, 3.05) is 5.32 Å². The molecule has 0 spiro atoms. The van der Waals surface area contributed by atoms with Crippen LogP contribution in [0.25, 0.3) is 0 Å². The zero-order valence-electron chi connectivity index (χ0n) is 15.4. The first-order valence-electron chi connectivity index (χ1n) is 8.92. The molecule has 2 amide bonds. The molecule has 0 bridgehead atoms. The number of benzene rings is 2. The molecule has 0 saturated carbocycles. The average Bonchev–Trinajstić information content (AvgIpc) is 2.75. The smallest absolute Gasteiger partial charge is 0.359 e. The number of hydrogen-bond acceptors (Lipinski definition) is 4. The number of carbonyl (C=O) groups is 2. The molecule has 6 nitrogen and oxygen atoms in total. The van der Waals surface area contributed by atoms with Gasteiger partial charge in [-0.2, -0.15) is 13.2 Å². The van der Waals surface area contributed by atoms with Gasteiger partial charge in [-0.1, -0.05) is 30.3 Å². The number of pyridine rings is 1. The van der Waals surface area contributed by atoms with Crippen LogP contribution in [0.15, 0.2) is 73.1 Å². The zero-order chi connectivity index (χ0) is 21.3. The number of aromatic nitrogens is 1. The lowest BCUT2D eigenvalue weighted by Crippen LogP contribution is -2.53. The first-order valence-corrected chi connectivity index (χ1v) is 8.92. The highest BCUT2D eigenvalue weighted by Crippen LogP contribution is 2.39. The molecular weight excluding hydrogens is 397 g/mol. The average molecular weight is 412 g/mol. The number of nitrogens with one attached hydrogen (secondary N) is 2. The third-order valence-electron chi connectivity index (χ3n) is 4.65. The molecule has 0 aliphatic carbocycles. The minimum absolute atomic E-state index is 0.192. The Bertz CT molecular complexity index is 1100. The van der Waals surface area contributed by atoms with Gasteiger partial charge in [-0.15, -0.1) is 0 Å². The lowest BCUT2D eigenvalue weighted by atomic mass is 10.0. The predicted molar refractivity (Wildman–Crippen MR) is 102 cm³/mol. The normalized spacial score (nSPS) is 15.9. The van der Waals surface area contributed by atoms with E-state index < -0.39 is 29.7 Å². The summed E-state index contributed by atoms with van der Waals surface area (Å²) in [6.45, 7) is 0. The summed E-state index contributed by atoms with van der Waals surface area (Å²) in [6, 6.07) is 14.2. The van der Waals surface area contributed by atoms with E-state index in [4.69, 9.17) is 0 Å². The first-order chi connectivity index (χ1) is 14.4. The largest absolute Gasteiger partial charge is 0.416 e. The molecule has 4 rings (SSSR count). The number of fused-ring (bicyclic) bond motifs is 1. The number of halogens is 3. The third kappa shape index (κ3) is 3.57. The monoisotopic (exact) mass is 412 g/mol. The Labute approximate surface area is 169 Å². The number of amides is 2. The van der Waals surface area contributed by atoms with Crippen molar-refractivity contribution in [3.63, 3.8) is 0 Å². The Hall–Kier alpha value is -3.88. The number of hydrogen-bond donors (Lipinski definition) is 2. The number of hydrazine groups is 1. The zero-order valence-corrected chi connectivity index (χ0v) is 15.4. The Kier molecular flexibility index (Phi) is 4.86. The van der Waals surface area contributed by atoms with Crippen molar-refractivity contribution in [3.05, 3.63) is 95.3 Å². The Morgan fingerprint density at radius 3 is 2.40 bits per heavy atom. The van der Waals surface area contributed by atoms with Crippen molar-refractivity contribution in [2.45, 2.75) is 12.3 Å². The number of carbonyl (C=O) groups excluding carboxylic acids is 2. The number of anilines is 1.